The average Bonchev–Trinajstić information content (AvgIpc) is 2.94. The predicted octanol–water partition coefficient (Wildman–Crippen LogP) is 5.57. The van der Waals surface area contributed by atoms with Gasteiger partial charge in [-0.1, -0.05) is 80.0 Å². The van der Waals surface area contributed by atoms with Crippen LogP contribution in [-0.2, 0) is 26.2 Å². The molecule has 0 spiro atoms. The van der Waals surface area contributed by atoms with Crippen molar-refractivity contribution in [2.75, 3.05) is 10.8 Å². The summed E-state index contributed by atoms with van der Waals surface area (Å²) in [4.78, 5) is 28.9. The van der Waals surface area contributed by atoms with Gasteiger partial charge in [-0.15, -0.1) is 0 Å². The van der Waals surface area contributed by atoms with Crippen molar-refractivity contribution in [1.29, 1.82) is 0 Å². The molecule has 3 rings (SSSR count). The van der Waals surface area contributed by atoms with E-state index >= 15 is 0 Å². The zero-order valence-electron chi connectivity index (χ0n) is 22.8. The summed E-state index contributed by atoms with van der Waals surface area (Å²) in [5.74, 6) is -0.767. The molecule has 0 saturated carbocycles. The van der Waals surface area contributed by atoms with E-state index < -0.39 is 28.5 Å². The first-order valence-corrected chi connectivity index (χ1v) is 14.9. The SMILES string of the molecule is CC[C@@H](C)NC(=O)[C@@H](CC)N(Cc1ccccc1)C(=O)CN(c1cccc(Cl)c1C)S(=O)(=O)c1ccccc1. The van der Waals surface area contributed by atoms with Crippen LogP contribution in [0.5, 0.6) is 0 Å². The van der Waals surface area contributed by atoms with Crippen molar-refractivity contribution in [1.82, 2.24) is 10.2 Å². The maximum absolute atomic E-state index is 14.1. The molecule has 9 heteroatoms. The highest BCUT2D eigenvalue weighted by atomic mass is 35.5. The Morgan fingerprint density at radius 2 is 1.51 bits per heavy atom. The Bertz CT molecular complexity index is 1370. The number of halogens is 1. The Morgan fingerprint density at radius 1 is 0.897 bits per heavy atom. The fourth-order valence-electron chi connectivity index (χ4n) is 4.24. The van der Waals surface area contributed by atoms with Crippen LogP contribution in [0.2, 0.25) is 5.02 Å². The summed E-state index contributed by atoms with van der Waals surface area (Å²) in [5, 5.41) is 3.36. The number of amides is 2. The van der Waals surface area contributed by atoms with Crippen LogP contribution in [0.3, 0.4) is 0 Å². The van der Waals surface area contributed by atoms with E-state index in [4.69, 9.17) is 11.6 Å². The van der Waals surface area contributed by atoms with Crippen molar-refractivity contribution < 1.29 is 18.0 Å². The lowest BCUT2D eigenvalue weighted by Gasteiger charge is -2.34. The molecule has 3 aromatic rings. The van der Waals surface area contributed by atoms with Gasteiger partial charge in [0.15, 0.2) is 0 Å². The zero-order valence-corrected chi connectivity index (χ0v) is 24.4. The first kappa shape index (κ1) is 30.2. The summed E-state index contributed by atoms with van der Waals surface area (Å²) in [5.41, 5.74) is 1.66. The molecule has 0 aliphatic heterocycles. The third kappa shape index (κ3) is 7.40. The number of carbonyl (C=O) groups is 2. The fourth-order valence-corrected chi connectivity index (χ4v) is 5.90. The van der Waals surface area contributed by atoms with Crippen molar-refractivity contribution in [3.63, 3.8) is 0 Å². The molecule has 0 saturated heterocycles. The lowest BCUT2D eigenvalue weighted by molar-refractivity contribution is -0.140. The second-order valence-electron chi connectivity index (χ2n) is 9.46. The van der Waals surface area contributed by atoms with Gasteiger partial charge in [-0.2, -0.15) is 0 Å². The van der Waals surface area contributed by atoms with Crippen LogP contribution in [0.15, 0.2) is 83.8 Å². The van der Waals surface area contributed by atoms with Crippen molar-refractivity contribution in [3.05, 3.63) is 95.0 Å². The third-order valence-electron chi connectivity index (χ3n) is 6.70. The van der Waals surface area contributed by atoms with Crippen LogP contribution < -0.4 is 9.62 Å². The zero-order chi connectivity index (χ0) is 28.6. The summed E-state index contributed by atoms with van der Waals surface area (Å²) in [7, 11) is -4.14. The highest BCUT2D eigenvalue weighted by Gasteiger charge is 2.34. The minimum atomic E-state index is -4.14. The van der Waals surface area contributed by atoms with Crippen molar-refractivity contribution in [3.8, 4) is 0 Å². The van der Waals surface area contributed by atoms with Gasteiger partial charge in [-0.05, 0) is 62.1 Å². The van der Waals surface area contributed by atoms with Crippen LogP contribution in [0.25, 0.3) is 0 Å². The molecule has 0 aromatic heterocycles. The Balaban J connectivity index is 2.08. The van der Waals surface area contributed by atoms with Gasteiger partial charge in [0.1, 0.15) is 12.6 Å². The molecule has 0 fully saturated rings. The second-order valence-corrected chi connectivity index (χ2v) is 11.7. The van der Waals surface area contributed by atoms with E-state index in [1.54, 1.807) is 43.3 Å². The van der Waals surface area contributed by atoms with Gasteiger partial charge >= 0.3 is 0 Å². The number of nitrogens with zero attached hydrogens (tertiary/aromatic N) is 2. The van der Waals surface area contributed by atoms with Gasteiger partial charge < -0.3 is 10.2 Å². The van der Waals surface area contributed by atoms with Crippen molar-refractivity contribution in [2.45, 2.75) is 64.1 Å². The molecule has 2 atom stereocenters. The molecular weight excluding hydrogens is 534 g/mol. The van der Waals surface area contributed by atoms with Gasteiger partial charge in [-0.3, -0.25) is 13.9 Å². The van der Waals surface area contributed by atoms with E-state index in [9.17, 15) is 18.0 Å². The summed E-state index contributed by atoms with van der Waals surface area (Å²) in [6, 6.07) is 21.4. The number of anilines is 1. The van der Waals surface area contributed by atoms with Gasteiger partial charge in [0.05, 0.1) is 10.6 Å². The van der Waals surface area contributed by atoms with Crippen LogP contribution in [0.4, 0.5) is 5.69 Å². The van der Waals surface area contributed by atoms with Crippen molar-refractivity contribution in [2.24, 2.45) is 0 Å². The van der Waals surface area contributed by atoms with Gasteiger partial charge in [0.25, 0.3) is 10.0 Å². The minimum absolute atomic E-state index is 0.0494. The summed E-state index contributed by atoms with van der Waals surface area (Å²) in [6.07, 6.45) is 1.11. The number of benzene rings is 3. The molecule has 7 nitrogen and oxygen atoms in total. The molecule has 39 heavy (non-hydrogen) atoms. The molecule has 0 aliphatic carbocycles. The molecular formula is C30H36ClN3O4S. The van der Waals surface area contributed by atoms with Crippen LogP contribution in [-0.4, -0.2) is 43.8 Å². The first-order chi connectivity index (χ1) is 18.6. The minimum Gasteiger partial charge on any atom is -0.352 e. The maximum atomic E-state index is 14.1. The predicted molar refractivity (Wildman–Crippen MR) is 156 cm³/mol. The summed E-state index contributed by atoms with van der Waals surface area (Å²) < 4.78 is 28.9. The van der Waals surface area contributed by atoms with E-state index in [1.165, 1.54) is 17.0 Å². The molecule has 0 unspecified atom stereocenters. The smallest absolute Gasteiger partial charge is 0.264 e. The lowest BCUT2D eigenvalue weighted by atomic mass is 10.1. The molecule has 2 amide bonds. The standard InChI is InChI=1S/C30H36ClN3O4S/c1-5-22(3)32-30(36)27(6-2)33(20-24-14-9-7-10-15-24)29(35)21-34(28-19-13-18-26(31)23(28)4)39(37,38)25-16-11-8-12-17-25/h7-19,22,27H,5-6,20-21H2,1-4H3,(H,32,36)/t22-,27-/m1/s1. The van der Waals surface area contributed by atoms with Gasteiger partial charge in [0, 0.05) is 17.6 Å². The highest BCUT2D eigenvalue weighted by molar-refractivity contribution is 7.92. The fraction of sp³-hybridized carbons (Fsp3) is 0.333. The first-order valence-electron chi connectivity index (χ1n) is 13.1. The van der Waals surface area contributed by atoms with E-state index in [0.29, 0.717) is 22.7 Å². The molecule has 208 valence electrons. The molecule has 0 bridgehead atoms. The number of sulfonamides is 1. The average molecular weight is 570 g/mol. The Kier molecular flexibility index (Phi) is 10.5. The largest absolute Gasteiger partial charge is 0.352 e. The van der Waals surface area contributed by atoms with Crippen LogP contribution >= 0.6 is 11.6 Å². The van der Waals surface area contributed by atoms with Crippen LogP contribution in [0, 0.1) is 6.92 Å². The van der Waals surface area contributed by atoms with E-state index in [1.807, 2.05) is 51.1 Å². The van der Waals surface area contributed by atoms with E-state index in [2.05, 4.69) is 5.32 Å². The van der Waals surface area contributed by atoms with Crippen LogP contribution in [0.1, 0.15) is 44.7 Å². The molecule has 0 radical (unpaired) electrons. The highest BCUT2D eigenvalue weighted by Crippen LogP contribution is 2.31. The number of nitrogens with one attached hydrogen (secondary N) is 1. The molecule has 0 aliphatic rings. The van der Waals surface area contributed by atoms with E-state index in [-0.39, 0.29) is 23.4 Å². The monoisotopic (exact) mass is 569 g/mol. The molecule has 0 heterocycles. The Labute approximate surface area is 236 Å². The third-order valence-corrected chi connectivity index (χ3v) is 8.88. The summed E-state index contributed by atoms with van der Waals surface area (Å²) in [6.45, 7) is 7.08. The number of hydrogen-bond acceptors (Lipinski definition) is 4. The van der Waals surface area contributed by atoms with Gasteiger partial charge in [0.2, 0.25) is 11.8 Å². The quantitative estimate of drug-likeness (QED) is 0.309. The maximum Gasteiger partial charge on any atom is 0.264 e. The number of rotatable bonds is 12. The molecule has 3 aromatic carbocycles. The summed E-state index contributed by atoms with van der Waals surface area (Å²) >= 11 is 6.37. The Morgan fingerprint density at radius 3 is 2.10 bits per heavy atom. The number of carbonyl (C=O) groups excluding carboxylic acids is 2. The van der Waals surface area contributed by atoms with Crippen molar-refractivity contribution >= 4 is 39.1 Å². The Hall–Kier alpha value is -3.36. The van der Waals surface area contributed by atoms with E-state index in [0.717, 1.165) is 16.3 Å². The number of hydrogen-bond donors (Lipinski definition) is 1. The lowest BCUT2D eigenvalue weighted by Crippen LogP contribution is -2.53. The molecule has 1 N–H and O–H groups in total. The second kappa shape index (κ2) is 13.6. The normalized spacial score (nSPS) is 12.8. The topological polar surface area (TPSA) is 86.8 Å². The van der Waals surface area contributed by atoms with Gasteiger partial charge in [-0.25, -0.2) is 8.42 Å².